The third-order valence-electron chi connectivity index (χ3n) is 5.90. The number of hydrogen-bond acceptors (Lipinski definition) is 5. The van der Waals surface area contributed by atoms with E-state index >= 15 is 0 Å². The number of methoxy groups -OCH3 is 2. The van der Waals surface area contributed by atoms with Crippen molar-refractivity contribution in [1.82, 2.24) is 14.5 Å². The molecule has 0 saturated carbocycles. The monoisotopic (exact) mass is 432 g/mol. The van der Waals surface area contributed by atoms with Crippen LogP contribution in [-0.2, 0) is 9.47 Å². The van der Waals surface area contributed by atoms with E-state index < -0.39 is 0 Å². The summed E-state index contributed by atoms with van der Waals surface area (Å²) < 4.78 is 13.1. The second-order valence-corrected chi connectivity index (χ2v) is 8.37. The minimum absolute atomic E-state index is 0.614. The van der Waals surface area contributed by atoms with Crippen molar-refractivity contribution in [3.8, 4) is 5.69 Å². The fourth-order valence-corrected chi connectivity index (χ4v) is 4.65. The van der Waals surface area contributed by atoms with Crippen LogP contribution in [0.1, 0.15) is 22.5 Å². The first kappa shape index (κ1) is 22.2. The Balaban J connectivity index is 2.08. The molecule has 0 spiro atoms. The molecule has 0 aliphatic heterocycles. The largest absolute Gasteiger partial charge is 0.383 e. The van der Waals surface area contributed by atoms with Crippen molar-refractivity contribution in [2.24, 2.45) is 0 Å². The van der Waals surface area contributed by atoms with Crippen molar-refractivity contribution in [3.05, 3.63) is 58.9 Å². The highest BCUT2D eigenvalue weighted by Crippen LogP contribution is 2.37. The van der Waals surface area contributed by atoms with Gasteiger partial charge < -0.3 is 14.4 Å². The number of aromatic nitrogens is 3. The molecule has 2 heterocycles. The maximum absolute atomic E-state index is 5.39. The van der Waals surface area contributed by atoms with E-state index in [1.165, 1.54) is 22.4 Å². The van der Waals surface area contributed by atoms with E-state index in [1.54, 1.807) is 14.2 Å². The van der Waals surface area contributed by atoms with Gasteiger partial charge in [0.25, 0.3) is 0 Å². The van der Waals surface area contributed by atoms with E-state index in [1.807, 2.05) is 6.92 Å². The van der Waals surface area contributed by atoms with Crippen molar-refractivity contribution >= 4 is 27.8 Å². The Bertz CT molecular complexity index is 1230. The number of ether oxygens (including phenoxy) is 2. The Hall–Kier alpha value is -2.96. The number of benzene rings is 2. The summed E-state index contributed by atoms with van der Waals surface area (Å²) in [5.74, 6) is 1.68. The van der Waals surface area contributed by atoms with Crippen LogP contribution in [-0.4, -0.2) is 55.1 Å². The molecule has 6 nitrogen and oxygen atoms in total. The average Bonchev–Trinajstić information content (AvgIpc) is 3.07. The van der Waals surface area contributed by atoms with Gasteiger partial charge in [-0.15, -0.1) is 0 Å². The molecule has 0 aliphatic rings. The standard InChI is InChI=1S/C26H32N4O2/c1-17-15-18(2)24(19(3)16-17)30-22-10-8-7-9-21(22)23-25(27-20(4)28-26(23)30)29(11-13-31-5)12-14-32-6/h7-10,15-16H,11-14H2,1-6H3. The van der Waals surface area contributed by atoms with E-state index in [9.17, 15) is 0 Å². The third kappa shape index (κ3) is 3.96. The molecule has 32 heavy (non-hydrogen) atoms. The van der Waals surface area contributed by atoms with Crippen LogP contribution in [0.2, 0.25) is 0 Å². The minimum atomic E-state index is 0.614. The first-order valence-corrected chi connectivity index (χ1v) is 11.0. The third-order valence-corrected chi connectivity index (χ3v) is 5.90. The summed E-state index contributed by atoms with van der Waals surface area (Å²) in [5.41, 5.74) is 6.99. The fraction of sp³-hybridized carbons (Fsp3) is 0.385. The van der Waals surface area contributed by atoms with Crippen molar-refractivity contribution in [2.75, 3.05) is 45.4 Å². The number of rotatable bonds is 8. The summed E-state index contributed by atoms with van der Waals surface area (Å²) in [4.78, 5) is 12.1. The van der Waals surface area contributed by atoms with Crippen LogP contribution in [0, 0.1) is 27.7 Å². The molecular weight excluding hydrogens is 400 g/mol. The van der Waals surface area contributed by atoms with Gasteiger partial charge >= 0.3 is 0 Å². The highest BCUT2D eigenvalue weighted by molar-refractivity contribution is 6.13. The Morgan fingerprint density at radius 1 is 0.875 bits per heavy atom. The first-order chi connectivity index (χ1) is 15.5. The number of hydrogen-bond donors (Lipinski definition) is 0. The van der Waals surface area contributed by atoms with Crippen LogP contribution in [0.5, 0.6) is 0 Å². The van der Waals surface area contributed by atoms with Gasteiger partial charge in [0.1, 0.15) is 11.6 Å². The summed E-state index contributed by atoms with van der Waals surface area (Å²) in [6, 6.07) is 13.0. The fourth-order valence-electron chi connectivity index (χ4n) is 4.65. The Kier molecular flexibility index (Phi) is 6.44. The van der Waals surface area contributed by atoms with Gasteiger partial charge in [0.15, 0.2) is 5.65 Å². The second kappa shape index (κ2) is 9.27. The van der Waals surface area contributed by atoms with Crippen molar-refractivity contribution in [1.29, 1.82) is 0 Å². The minimum Gasteiger partial charge on any atom is -0.383 e. The molecule has 0 fully saturated rings. The number of para-hydroxylation sites is 1. The normalized spacial score (nSPS) is 11.6. The SMILES string of the molecule is COCCN(CCOC)c1nc(C)nc2c1c1ccccc1n2-c1c(C)cc(C)cc1C. The highest BCUT2D eigenvalue weighted by Gasteiger charge is 2.23. The lowest BCUT2D eigenvalue weighted by molar-refractivity contribution is 0.190. The molecular formula is C26H32N4O2. The van der Waals surface area contributed by atoms with E-state index in [0.29, 0.717) is 13.2 Å². The zero-order chi connectivity index (χ0) is 22.8. The van der Waals surface area contributed by atoms with Gasteiger partial charge in [-0.05, 0) is 44.9 Å². The predicted octanol–water partition coefficient (Wildman–Crippen LogP) is 4.91. The van der Waals surface area contributed by atoms with Gasteiger partial charge in [-0.2, -0.15) is 0 Å². The molecule has 0 saturated heterocycles. The zero-order valence-corrected chi connectivity index (χ0v) is 19.9. The van der Waals surface area contributed by atoms with Crippen LogP contribution in [0.3, 0.4) is 0 Å². The lowest BCUT2D eigenvalue weighted by Crippen LogP contribution is -2.31. The summed E-state index contributed by atoms with van der Waals surface area (Å²) >= 11 is 0. The molecule has 0 radical (unpaired) electrons. The van der Waals surface area contributed by atoms with E-state index in [4.69, 9.17) is 19.4 Å². The van der Waals surface area contributed by atoms with Crippen molar-refractivity contribution in [3.63, 3.8) is 0 Å². The van der Waals surface area contributed by atoms with E-state index in [0.717, 1.165) is 46.7 Å². The van der Waals surface area contributed by atoms with Crippen molar-refractivity contribution < 1.29 is 9.47 Å². The van der Waals surface area contributed by atoms with Gasteiger partial charge in [0.05, 0.1) is 29.8 Å². The van der Waals surface area contributed by atoms with Crippen LogP contribution < -0.4 is 4.90 Å². The maximum atomic E-state index is 5.39. The summed E-state index contributed by atoms with van der Waals surface area (Å²) in [6.07, 6.45) is 0. The van der Waals surface area contributed by atoms with Crippen LogP contribution in [0.25, 0.3) is 27.6 Å². The molecule has 0 aliphatic carbocycles. The Labute approximate surface area is 189 Å². The number of nitrogens with zero attached hydrogens (tertiary/aromatic N) is 4. The molecule has 0 unspecified atom stereocenters. The molecule has 0 N–H and O–H groups in total. The molecule has 168 valence electrons. The molecule has 4 rings (SSSR count). The van der Waals surface area contributed by atoms with Crippen molar-refractivity contribution in [2.45, 2.75) is 27.7 Å². The summed E-state index contributed by atoms with van der Waals surface area (Å²) in [5, 5.41) is 2.22. The van der Waals surface area contributed by atoms with Gasteiger partial charge in [0.2, 0.25) is 0 Å². The Morgan fingerprint density at radius 2 is 1.50 bits per heavy atom. The zero-order valence-electron chi connectivity index (χ0n) is 19.9. The topological polar surface area (TPSA) is 52.4 Å². The molecule has 2 aromatic carbocycles. The summed E-state index contributed by atoms with van der Waals surface area (Å²) in [7, 11) is 3.45. The molecule has 0 atom stereocenters. The van der Waals surface area contributed by atoms with E-state index in [-0.39, 0.29) is 0 Å². The highest BCUT2D eigenvalue weighted by atomic mass is 16.5. The molecule has 0 bridgehead atoms. The van der Waals surface area contributed by atoms with Gasteiger partial charge in [-0.3, -0.25) is 4.57 Å². The van der Waals surface area contributed by atoms with Crippen LogP contribution in [0.4, 0.5) is 5.82 Å². The second-order valence-electron chi connectivity index (χ2n) is 8.37. The average molecular weight is 433 g/mol. The molecule has 2 aromatic heterocycles. The van der Waals surface area contributed by atoms with Crippen LogP contribution >= 0.6 is 0 Å². The van der Waals surface area contributed by atoms with Gasteiger partial charge in [-0.1, -0.05) is 35.9 Å². The number of aryl methyl sites for hydroxylation is 4. The lowest BCUT2D eigenvalue weighted by Gasteiger charge is -2.24. The first-order valence-electron chi connectivity index (χ1n) is 11.0. The molecule has 4 aromatic rings. The van der Waals surface area contributed by atoms with E-state index in [2.05, 4.69) is 66.6 Å². The van der Waals surface area contributed by atoms with Crippen LogP contribution in [0.15, 0.2) is 36.4 Å². The quantitative estimate of drug-likeness (QED) is 0.396. The van der Waals surface area contributed by atoms with Gasteiger partial charge in [0, 0.05) is 32.7 Å². The molecule has 6 heteroatoms. The number of anilines is 1. The predicted molar refractivity (Wildman–Crippen MR) is 131 cm³/mol. The Morgan fingerprint density at radius 3 is 2.12 bits per heavy atom. The smallest absolute Gasteiger partial charge is 0.151 e. The number of fused-ring (bicyclic) bond motifs is 3. The lowest BCUT2D eigenvalue weighted by atomic mass is 10.0. The molecule has 0 amide bonds. The maximum Gasteiger partial charge on any atom is 0.151 e. The summed E-state index contributed by atoms with van der Waals surface area (Å²) in [6.45, 7) is 11.1. The van der Waals surface area contributed by atoms with Gasteiger partial charge in [-0.25, -0.2) is 9.97 Å².